The van der Waals surface area contributed by atoms with Crippen molar-refractivity contribution < 1.29 is 18.4 Å². The number of benzene rings is 1. The number of anilines is 2. The highest BCUT2D eigenvalue weighted by Gasteiger charge is 2.37. The zero-order valence-corrected chi connectivity index (χ0v) is 25.1. The van der Waals surface area contributed by atoms with Crippen LogP contribution in [0.4, 0.5) is 20.3 Å². The molecular weight excluding hydrogens is 576 g/mol. The molecule has 1 aromatic carbocycles. The van der Waals surface area contributed by atoms with Gasteiger partial charge in [-0.3, -0.25) is 19.5 Å². The van der Waals surface area contributed by atoms with Gasteiger partial charge >= 0.3 is 0 Å². The summed E-state index contributed by atoms with van der Waals surface area (Å²) in [6.45, 7) is 16.6. The van der Waals surface area contributed by atoms with Crippen LogP contribution in [-0.4, -0.2) is 63.5 Å². The van der Waals surface area contributed by atoms with Crippen LogP contribution in [0.3, 0.4) is 0 Å². The highest BCUT2D eigenvalue weighted by atomic mass is 35.5. The highest BCUT2D eigenvalue weighted by molar-refractivity contribution is 6.34. The molecule has 5 rings (SSSR count). The molecular formula is C32H31ClF2N6O2. The van der Waals surface area contributed by atoms with Gasteiger partial charge in [0.15, 0.2) is 12.1 Å². The van der Waals surface area contributed by atoms with Gasteiger partial charge in [-0.25, -0.2) is 18.8 Å². The molecule has 1 amide bonds. The summed E-state index contributed by atoms with van der Waals surface area (Å²) in [6, 6.07) is 5.62. The first-order chi connectivity index (χ1) is 20.5. The SMILES string of the molecule is C=CC(=[18O])N1CCN(C2=NC(=C)N(c3c(C(C)C)ncc(F)c3C)c3nc(-c4c(F)cccc4C=O)c(Cl)cc32)[C@@H](C)C1. The second-order valence-corrected chi connectivity index (χ2v) is 11.3. The molecule has 1 fully saturated rings. The summed E-state index contributed by atoms with van der Waals surface area (Å²) in [5, 5.41) is 0.0957. The average Bonchev–Trinajstić information content (AvgIpc) is 2.98. The number of rotatable bonds is 5. The Kier molecular flexibility index (Phi) is 8.16. The van der Waals surface area contributed by atoms with E-state index in [0.29, 0.717) is 54.3 Å². The van der Waals surface area contributed by atoms with Gasteiger partial charge in [0.1, 0.15) is 23.3 Å². The summed E-state index contributed by atoms with van der Waals surface area (Å²) in [4.78, 5) is 43.7. The Morgan fingerprint density at radius 2 is 1.98 bits per heavy atom. The van der Waals surface area contributed by atoms with E-state index in [0.717, 1.165) is 0 Å². The normalized spacial score (nSPS) is 16.7. The van der Waals surface area contributed by atoms with Crippen molar-refractivity contribution in [3.8, 4) is 11.3 Å². The van der Waals surface area contributed by atoms with Crippen molar-refractivity contribution in [2.45, 2.75) is 39.7 Å². The van der Waals surface area contributed by atoms with Crippen molar-refractivity contribution >= 4 is 41.1 Å². The minimum atomic E-state index is -0.669. The summed E-state index contributed by atoms with van der Waals surface area (Å²) in [6.07, 6.45) is 3.01. The van der Waals surface area contributed by atoms with E-state index in [-0.39, 0.29) is 51.3 Å². The third kappa shape index (κ3) is 5.20. The molecule has 1 saturated heterocycles. The van der Waals surface area contributed by atoms with Gasteiger partial charge in [0.05, 0.1) is 33.9 Å². The van der Waals surface area contributed by atoms with Gasteiger partial charge in [-0.2, -0.15) is 0 Å². The number of halogens is 3. The standard InChI is InChI=1S/C32H31ClF2N6O2/c1-7-26(43)39-11-12-40(18(4)15-39)31-22-13-23(33)29(27-21(16-42)9-8-10-24(27)34)38-32(22)41(20(6)37-31)30-19(5)25(35)14-36-28(30)17(2)3/h7-10,13-14,16-18H,1,6,11-12,15H2,2-5H3/t18-/m0/s1/i43+2. The topological polar surface area (TPSA) is 82.0 Å². The molecule has 0 aliphatic carbocycles. The smallest absolute Gasteiger partial charge is 0.246 e. The molecule has 0 saturated carbocycles. The van der Waals surface area contributed by atoms with Crippen LogP contribution in [-0.2, 0) is 4.79 Å². The Morgan fingerprint density at radius 3 is 2.63 bits per heavy atom. The molecule has 2 aliphatic heterocycles. The summed E-state index contributed by atoms with van der Waals surface area (Å²) >= 11 is 6.79. The second kappa shape index (κ2) is 11.7. The van der Waals surface area contributed by atoms with Gasteiger partial charge < -0.3 is 9.80 Å². The molecule has 0 N–H and O–H groups in total. The first kappa shape index (κ1) is 30.0. The molecule has 11 heteroatoms. The van der Waals surface area contributed by atoms with Crippen molar-refractivity contribution in [1.29, 1.82) is 0 Å². The maximum atomic E-state index is 15.2. The monoisotopic (exact) mass is 606 g/mol. The Labute approximate surface area is 254 Å². The molecule has 0 bridgehead atoms. The van der Waals surface area contributed by atoms with Crippen LogP contribution >= 0.6 is 11.6 Å². The van der Waals surface area contributed by atoms with E-state index in [1.165, 1.54) is 30.5 Å². The fourth-order valence-corrected chi connectivity index (χ4v) is 5.83. The fraction of sp³-hybridized carbons (Fsp3) is 0.281. The van der Waals surface area contributed by atoms with Gasteiger partial charge in [-0.05, 0) is 38.0 Å². The van der Waals surface area contributed by atoms with E-state index >= 15 is 8.78 Å². The molecule has 43 heavy (non-hydrogen) atoms. The Balaban J connectivity index is 1.76. The maximum Gasteiger partial charge on any atom is 0.246 e. The second-order valence-electron chi connectivity index (χ2n) is 10.8. The molecule has 4 heterocycles. The molecule has 2 aliphatic rings. The molecule has 222 valence electrons. The van der Waals surface area contributed by atoms with Crippen molar-refractivity contribution in [3.63, 3.8) is 0 Å². The predicted molar refractivity (Wildman–Crippen MR) is 164 cm³/mol. The zero-order chi connectivity index (χ0) is 31.2. The first-order valence-electron chi connectivity index (χ1n) is 13.8. The van der Waals surface area contributed by atoms with Gasteiger partial charge in [0.2, 0.25) is 5.91 Å². The number of fused-ring (bicyclic) bond motifs is 1. The lowest BCUT2D eigenvalue weighted by Crippen LogP contribution is -2.56. The number of carbonyl (C=O) groups excluding carboxylic acids is 2. The Hall–Kier alpha value is -4.44. The van der Waals surface area contributed by atoms with Gasteiger partial charge in [0.25, 0.3) is 0 Å². The first-order valence-corrected chi connectivity index (χ1v) is 14.2. The number of pyridine rings is 2. The van der Waals surface area contributed by atoms with E-state index in [9.17, 15) is 9.59 Å². The summed E-state index contributed by atoms with van der Waals surface area (Å²) in [7, 11) is 0. The molecule has 1 atom stereocenters. The summed E-state index contributed by atoms with van der Waals surface area (Å²) in [5.41, 5.74) is 1.89. The molecule has 3 aromatic rings. The van der Waals surface area contributed by atoms with Crippen molar-refractivity contribution in [1.82, 2.24) is 19.8 Å². The van der Waals surface area contributed by atoms with Gasteiger partial charge in [-0.15, -0.1) is 0 Å². The van der Waals surface area contributed by atoms with Crippen LogP contribution < -0.4 is 4.90 Å². The number of aromatic nitrogens is 2. The number of carbonyl (C=O) groups is 2. The minimum absolute atomic E-state index is 0.0437. The number of amides is 1. The van der Waals surface area contributed by atoms with Crippen molar-refractivity contribution in [2.75, 3.05) is 24.5 Å². The van der Waals surface area contributed by atoms with Crippen molar-refractivity contribution in [3.05, 3.63) is 94.6 Å². The zero-order valence-electron chi connectivity index (χ0n) is 24.4. The molecule has 2 aromatic heterocycles. The predicted octanol–water partition coefficient (Wildman–Crippen LogP) is 6.41. The lowest BCUT2D eigenvalue weighted by Gasteiger charge is -2.43. The van der Waals surface area contributed by atoms with E-state index in [4.69, 9.17) is 21.6 Å². The maximum absolute atomic E-state index is 15.2. The number of aldehydes is 1. The lowest BCUT2D eigenvalue weighted by atomic mass is 10.00. The third-order valence-corrected chi connectivity index (χ3v) is 8.03. The van der Waals surface area contributed by atoms with Crippen LogP contribution in [0.25, 0.3) is 11.3 Å². The molecule has 0 unspecified atom stereocenters. The van der Waals surface area contributed by atoms with E-state index in [1.807, 2.05) is 25.7 Å². The Morgan fingerprint density at radius 1 is 1.23 bits per heavy atom. The van der Waals surface area contributed by atoms with E-state index in [1.54, 1.807) is 22.8 Å². The average molecular weight is 607 g/mol. The van der Waals surface area contributed by atoms with Crippen LogP contribution in [0.2, 0.25) is 5.02 Å². The number of piperazine rings is 1. The molecule has 0 radical (unpaired) electrons. The summed E-state index contributed by atoms with van der Waals surface area (Å²) in [5.74, 6) is -0.429. The van der Waals surface area contributed by atoms with Gasteiger partial charge in [-0.1, -0.05) is 50.7 Å². The highest BCUT2D eigenvalue weighted by Crippen LogP contribution is 2.44. The van der Waals surface area contributed by atoms with Crippen LogP contribution in [0.1, 0.15) is 53.9 Å². The van der Waals surface area contributed by atoms with E-state index < -0.39 is 11.6 Å². The number of aliphatic imine (C=N–C) groups is 1. The molecule has 8 nitrogen and oxygen atoms in total. The lowest BCUT2D eigenvalue weighted by molar-refractivity contribution is -0.128. The van der Waals surface area contributed by atoms with Crippen LogP contribution in [0, 0.1) is 18.6 Å². The van der Waals surface area contributed by atoms with Crippen LogP contribution in [0.15, 0.2) is 60.5 Å². The van der Waals surface area contributed by atoms with Gasteiger partial charge in [0, 0.05) is 42.4 Å². The third-order valence-electron chi connectivity index (χ3n) is 7.74. The number of hydrogen-bond donors (Lipinski definition) is 0. The fourth-order valence-electron chi connectivity index (χ4n) is 5.58. The van der Waals surface area contributed by atoms with Crippen molar-refractivity contribution in [2.24, 2.45) is 4.99 Å². The number of amidine groups is 1. The quantitative estimate of drug-likeness (QED) is 0.190. The molecule has 0 spiro atoms. The largest absolute Gasteiger partial charge is 0.350 e. The van der Waals surface area contributed by atoms with Crippen LogP contribution in [0.5, 0.6) is 0 Å². The summed E-state index contributed by atoms with van der Waals surface area (Å²) < 4.78 is 30.3. The Bertz CT molecular complexity index is 1710. The number of nitrogens with zero attached hydrogens (tertiary/aromatic N) is 6. The number of hydrogen-bond acceptors (Lipinski definition) is 7. The minimum Gasteiger partial charge on any atom is -0.350 e. The van der Waals surface area contributed by atoms with E-state index in [2.05, 4.69) is 18.1 Å².